The molecule has 2 N–H and O–H groups in total. The quantitative estimate of drug-likeness (QED) is 0.683. The van der Waals surface area contributed by atoms with Crippen molar-refractivity contribution in [3.05, 3.63) is 33.2 Å². The van der Waals surface area contributed by atoms with Crippen molar-refractivity contribution in [2.45, 2.75) is 6.92 Å². The Morgan fingerprint density at radius 2 is 2.40 bits per heavy atom. The molecule has 0 radical (unpaired) electrons. The van der Waals surface area contributed by atoms with Gasteiger partial charge < -0.3 is 10.3 Å². The van der Waals surface area contributed by atoms with Crippen LogP contribution in [-0.4, -0.2) is 17.4 Å². The van der Waals surface area contributed by atoms with Gasteiger partial charge in [0.15, 0.2) is 0 Å². The average Bonchev–Trinajstić information content (AvgIpc) is 2.18. The van der Waals surface area contributed by atoms with Gasteiger partial charge in [-0.2, -0.15) is 0 Å². The molecule has 1 amide bonds. The second-order valence-electron chi connectivity index (χ2n) is 2.78. The van der Waals surface area contributed by atoms with E-state index in [1.165, 1.54) is 19.2 Å². The van der Waals surface area contributed by atoms with E-state index in [2.05, 4.69) is 22.1 Å². The van der Waals surface area contributed by atoms with E-state index in [9.17, 15) is 9.59 Å². The third kappa shape index (κ3) is 3.88. The number of aromatic amines is 1. The number of carbonyl (C=O) groups excluding carboxylic acids is 1. The lowest BCUT2D eigenvalue weighted by atomic mass is 10.3. The van der Waals surface area contributed by atoms with Crippen molar-refractivity contribution in [1.82, 2.24) is 10.3 Å². The molecule has 0 bridgehead atoms. The first kappa shape index (κ1) is 11.3. The van der Waals surface area contributed by atoms with Gasteiger partial charge in [0, 0.05) is 18.7 Å². The summed E-state index contributed by atoms with van der Waals surface area (Å²) in [7, 11) is 0. The minimum absolute atomic E-state index is 0.0985. The minimum atomic E-state index is -0.343. The number of carbonyl (C=O) groups is 1. The standard InChI is InChI=1S/C10H9ClN2O2/c1-7(14)12-4-2-3-8-5-9(11)10(15)13-6-8/h5-6H,4H2,1H3,(H,12,14)(H,13,15). The fraction of sp³-hybridized carbons (Fsp3) is 0.200. The zero-order valence-corrected chi connectivity index (χ0v) is 8.81. The van der Waals surface area contributed by atoms with Gasteiger partial charge in [-0.3, -0.25) is 9.59 Å². The van der Waals surface area contributed by atoms with E-state index in [1.807, 2.05) is 0 Å². The molecule has 0 aliphatic carbocycles. The van der Waals surface area contributed by atoms with Crippen LogP contribution in [0.4, 0.5) is 0 Å². The van der Waals surface area contributed by atoms with Crippen LogP contribution in [-0.2, 0) is 4.79 Å². The summed E-state index contributed by atoms with van der Waals surface area (Å²) in [6, 6.07) is 1.47. The van der Waals surface area contributed by atoms with Crippen molar-refractivity contribution in [3.8, 4) is 11.8 Å². The molecule has 1 rings (SSSR count). The molecule has 0 aromatic carbocycles. The maximum Gasteiger partial charge on any atom is 0.266 e. The second-order valence-corrected chi connectivity index (χ2v) is 3.18. The van der Waals surface area contributed by atoms with Gasteiger partial charge in [-0.1, -0.05) is 23.4 Å². The molecule has 1 heterocycles. The number of pyridine rings is 1. The summed E-state index contributed by atoms with van der Waals surface area (Å²) in [6.45, 7) is 1.69. The fourth-order valence-corrected chi connectivity index (χ4v) is 1.02. The number of aromatic nitrogens is 1. The molecule has 15 heavy (non-hydrogen) atoms. The lowest BCUT2D eigenvalue weighted by molar-refractivity contribution is -0.118. The number of rotatable bonds is 1. The van der Waals surface area contributed by atoms with Crippen LogP contribution in [0.25, 0.3) is 0 Å². The minimum Gasteiger partial charge on any atom is -0.345 e. The van der Waals surface area contributed by atoms with Crippen LogP contribution >= 0.6 is 11.6 Å². The topological polar surface area (TPSA) is 62.0 Å². The summed E-state index contributed by atoms with van der Waals surface area (Å²) in [5.41, 5.74) is 0.258. The van der Waals surface area contributed by atoms with Gasteiger partial charge in [0.05, 0.1) is 6.54 Å². The van der Waals surface area contributed by atoms with Crippen molar-refractivity contribution in [1.29, 1.82) is 0 Å². The van der Waals surface area contributed by atoms with Crippen LogP contribution in [0.5, 0.6) is 0 Å². The summed E-state index contributed by atoms with van der Waals surface area (Å²) < 4.78 is 0. The highest BCUT2D eigenvalue weighted by Crippen LogP contribution is 2.01. The summed E-state index contributed by atoms with van der Waals surface area (Å²) in [5, 5.41) is 2.62. The molecule has 0 aliphatic heterocycles. The Hall–Kier alpha value is -1.73. The van der Waals surface area contributed by atoms with Gasteiger partial charge in [-0.25, -0.2) is 0 Å². The van der Waals surface area contributed by atoms with E-state index >= 15 is 0 Å². The van der Waals surface area contributed by atoms with Gasteiger partial charge in [0.1, 0.15) is 5.02 Å². The highest BCUT2D eigenvalue weighted by molar-refractivity contribution is 6.30. The molecular formula is C10H9ClN2O2. The highest BCUT2D eigenvalue weighted by atomic mass is 35.5. The van der Waals surface area contributed by atoms with E-state index in [0.717, 1.165) is 0 Å². The van der Waals surface area contributed by atoms with Gasteiger partial charge in [0.2, 0.25) is 5.91 Å². The number of hydrogen-bond donors (Lipinski definition) is 2. The zero-order valence-electron chi connectivity index (χ0n) is 8.06. The molecule has 5 heteroatoms. The maximum absolute atomic E-state index is 10.9. The van der Waals surface area contributed by atoms with Crippen LogP contribution in [0.15, 0.2) is 17.1 Å². The van der Waals surface area contributed by atoms with Gasteiger partial charge in [0.25, 0.3) is 5.56 Å². The first-order valence-electron chi connectivity index (χ1n) is 4.21. The predicted octanol–water partition coefficient (Wildman–Crippen LogP) is 0.516. The third-order valence-electron chi connectivity index (χ3n) is 1.52. The molecule has 1 aromatic rings. The molecule has 78 valence electrons. The summed E-state index contributed by atoms with van der Waals surface area (Å²) >= 11 is 5.60. The Kier molecular flexibility index (Phi) is 3.95. The second kappa shape index (κ2) is 5.23. The molecule has 0 fully saturated rings. The zero-order chi connectivity index (χ0) is 11.3. The molecule has 1 aromatic heterocycles. The van der Waals surface area contributed by atoms with Crippen LogP contribution in [0.2, 0.25) is 5.02 Å². The van der Waals surface area contributed by atoms with E-state index in [0.29, 0.717) is 5.56 Å². The summed E-state index contributed by atoms with van der Waals surface area (Å²) in [6.07, 6.45) is 1.47. The van der Waals surface area contributed by atoms with E-state index in [-0.39, 0.29) is 23.0 Å². The van der Waals surface area contributed by atoms with Gasteiger partial charge >= 0.3 is 0 Å². The third-order valence-corrected chi connectivity index (χ3v) is 1.80. The molecule has 4 nitrogen and oxygen atoms in total. The lowest BCUT2D eigenvalue weighted by Crippen LogP contribution is -2.19. The summed E-state index contributed by atoms with van der Waals surface area (Å²) in [4.78, 5) is 23.8. The van der Waals surface area contributed by atoms with Crippen LogP contribution in [0, 0.1) is 11.8 Å². The van der Waals surface area contributed by atoms with Crippen molar-refractivity contribution in [2.75, 3.05) is 6.54 Å². The Morgan fingerprint density at radius 3 is 3.00 bits per heavy atom. The van der Waals surface area contributed by atoms with Crippen LogP contribution in [0.3, 0.4) is 0 Å². The lowest BCUT2D eigenvalue weighted by Gasteiger charge is -1.92. The van der Waals surface area contributed by atoms with E-state index < -0.39 is 0 Å². The maximum atomic E-state index is 10.9. The molecular weight excluding hydrogens is 216 g/mol. The van der Waals surface area contributed by atoms with Crippen molar-refractivity contribution >= 4 is 17.5 Å². The number of halogens is 1. The van der Waals surface area contributed by atoms with Gasteiger partial charge in [-0.05, 0) is 6.07 Å². The molecule has 0 unspecified atom stereocenters. The van der Waals surface area contributed by atoms with E-state index in [1.54, 1.807) is 0 Å². The Labute approximate surface area is 91.7 Å². The first-order chi connectivity index (χ1) is 7.09. The van der Waals surface area contributed by atoms with Crippen LogP contribution < -0.4 is 10.9 Å². The molecule has 0 spiro atoms. The highest BCUT2D eigenvalue weighted by Gasteiger charge is 1.94. The van der Waals surface area contributed by atoms with E-state index in [4.69, 9.17) is 11.6 Å². The normalized spacial score (nSPS) is 8.93. The Bertz CT molecular complexity index is 482. The predicted molar refractivity (Wildman–Crippen MR) is 57.6 cm³/mol. The molecule has 0 aliphatic rings. The van der Waals surface area contributed by atoms with Gasteiger partial charge in [-0.15, -0.1) is 0 Å². The molecule has 0 saturated heterocycles. The largest absolute Gasteiger partial charge is 0.345 e. The Morgan fingerprint density at radius 1 is 1.67 bits per heavy atom. The fourth-order valence-electron chi connectivity index (χ4n) is 0.843. The van der Waals surface area contributed by atoms with Crippen molar-refractivity contribution in [2.24, 2.45) is 0 Å². The monoisotopic (exact) mass is 224 g/mol. The number of hydrogen-bond acceptors (Lipinski definition) is 2. The summed E-state index contributed by atoms with van der Waals surface area (Å²) in [5.74, 6) is 5.33. The first-order valence-corrected chi connectivity index (χ1v) is 4.59. The van der Waals surface area contributed by atoms with Crippen molar-refractivity contribution in [3.63, 3.8) is 0 Å². The average molecular weight is 225 g/mol. The molecule has 0 atom stereocenters. The SMILES string of the molecule is CC(=O)NCC#Cc1c[nH]c(=O)c(Cl)c1. The smallest absolute Gasteiger partial charge is 0.266 e. The molecule has 0 saturated carbocycles. The van der Waals surface area contributed by atoms with Crippen molar-refractivity contribution < 1.29 is 4.79 Å². The number of amides is 1. The number of nitrogens with one attached hydrogen (secondary N) is 2. The number of H-pyrrole nitrogens is 1. The Balaban J connectivity index is 2.68. The van der Waals surface area contributed by atoms with Crippen LogP contribution in [0.1, 0.15) is 12.5 Å².